The molecule has 4 nitrogen and oxygen atoms in total. The number of halogens is 1. The van der Waals surface area contributed by atoms with E-state index in [1.165, 1.54) is 12.7 Å². The van der Waals surface area contributed by atoms with Gasteiger partial charge < -0.3 is 19.3 Å². The molecule has 1 aliphatic heterocycles. The van der Waals surface area contributed by atoms with Crippen LogP contribution in [-0.2, 0) is 20.6 Å². The summed E-state index contributed by atoms with van der Waals surface area (Å²) in [6, 6.07) is 7.72. The van der Waals surface area contributed by atoms with Crippen molar-refractivity contribution in [1.29, 1.82) is 0 Å². The number of aliphatic hydroxyl groups is 1. The van der Waals surface area contributed by atoms with Crippen molar-refractivity contribution in [2.45, 2.75) is 51.0 Å². The summed E-state index contributed by atoms with van der Waals surface area (Å²) in [5.41, 5.74) is 1.17. The largest absolute Gasteiger partial charge is 0.366 e. The molecule has 1 aliphatic rings. The number of hydrogen-bond acceptors (Lipinski definition) is 4. The molecule has 0 radical (unpaired) electrons. The predicted octanol–water partition coefficient (Wildman–Crippen LogP) is 2.76. The van der Waals surface area contributed by atoms with Crippen LogP contribution in [0.4, 0.5) is 0 Å². The van der Waals surface area contributed by atoms with Crippen molar-refractivity contribution >= 4 is 11.6 Å². The SMILES string of the molecule is COC(O)C1OC(C)(C)OC1CCc1ccc(Cl)cc1. The van der Waals surface area contributed by atoms with E-state index < -0.39 is 18.2 Å². The Morgan fingerprint density at radius 3 is 2.55 bits per heavy atom. The van der Waals surface area contributed by atoms with Gasteiger partial charge in [-0.2, -0.15) is 0 Å². The molecule has 1 N–H and O–H groups in total. The molecule has 20 heavy (non-hydrogen) atoms. The van der Waals surface area contributed by atoms with Crippen molar-refractivity contribution in [3.8, 4) is 0 Å². The number of hydrogen-bond donors (Lipinski definition) is 1. The van der Waals surface area contributed by atoms with Gasteiger partial charge in [0.25, 0.3) is 0 Å². The first-order valence-corrected chi connectivity index (χ1v) is 7.10. The maximum Gasteiger partial charge on any atom is 0.183 e. The molecule has 112 valence electrons. The highest BCUT2D eigenvalue weighted by molar-refractivity contribution is 6.30. The number of rotatable bonds is 5. The van der Waals surface area contributed by atoms with Crippen molar-refractivity contribution in [3.05, 3.63) is 34.9 Å². The Bertz CT molecular complexity index is 432. The topological polar surface area (TPSA) is 47.9 Å². The summed E-state index contributed by atoms with van der Waals surface area (Å²) in [6.07, 6.45) is -0.0745. The fourth-order valence-corrected chi connectivity index (χ4v) is 2.55. The van der Waals surface area contributed by atoms with Crippen LogP contribution in [0, 0.1) is 0 Å². The van der Waals surface area contributed by atoms with Gasteiger partial charge in [-0.1, -0.05) is 23.7 Å². The summed E-state index contributed by atoms with van der Waals surface area (Å²) in [5, 5.41) is 10.6. The van der Waals surface area contributed by atoms with Crippen LogP contribution in [0.5, 0.6) is 0 Å². The van der Waals surface area contributed by atoms with Crippen LogP contribution in [0.2, 0.25) is 5.02 Å². The van der Waals surface area contributed by atoms with Crippen LogP contribution in [-0.4, -0.2) is 36.5 Å². The molecule has 0 aliphatic carbocycles. The molecular weight excluding hydrogens is 280 g/mol. The molecule has 1 aromatic rings. The van der Waals surface area contributed by atoms with Gasteiger partial charge in [-0.3, -0.25) is 0 Å². The highest BCUT2D eigenvalue weighted by Gasteiger charge is 2.44. The summed E-state index contributed by atoms with van der Waals surface area (Å²) in [7, 11) is 1.45. The van der Waals surface area contributed by atoms with Gasteiger partial charge in [0, 0.05) is 12.1 Å². The van der Waals surface area contributed by atoms with Gasteiger partial charge in [0.15, 0.2) is 12.1 Å². The molecule has 0 amide bonds. The second-order valence-electron chi connectivity index (χ2n) is 5.43. The van der Waals surface area contributed by atoms with Gasteiger partial charge in [-0.05, 0) is 44.4 Å². The number of ether oxygens (including phenoxy) is 3. The van der Waals surface area contributed by atoms with Crippen LogP contribution in [0.25, 0.3) is 0 Å². The average Bonchev–Trinajstić information content (AvgIpc) is 2.72. The lowest BCUT2D eigenvalue weighted by molar-refractivity contribution is -0.191. The summed E-state index contributed by atoms with van der Waals surface area (Å²) in [4.78, 5) is 0. The molecule has 3 unspecified atom stereocenters. The molecule has 2 rings (SSSR count). The summed E-state index contributed by atoms with van der Waals surface area (Å²) < 4.78 is 16.5. The molecule has 0 aromatic heterocycles. The summed E-state index contributed by atoms with van der Waals surface area (Å²) in [6.45, 7) is 3.68. The predicted molar refractivity (Wildman–Crippen MR) is 76.6 cm³/mol. The Kier molecular flexibility index (Phi) is 5.04. The molecule has 1 fully saturated rings. The molecular formula is C15H21ClO4. The van der Waals surface area contributed by atoms with Crippen LogP contribution < -0.4 is 0 Å². The van der Waals surface area contributed by atoms with Crippen molar-refractivity contribution in [2.24, 2.45) is 0 Å². The second kappa shape index (κ2) is 6.41. The number of aryl methyl sites for hydroxylation is 1. The van der Waals surface area contributed by atoms with Crippen LogP contribution in [0.15, 0.2) is 24.3 Å². The highest BCUT2D eigenvalue weighted by atomic mass is 35.5. The minimum absolute atomic E-state index is 0.198. The molecule has 5 heteroatoms. The van der Waals surface area contributed by atoms with Gasteiger partial charge in [0.2, 0.25) is 0 Å². The monoisotopic (exact) mass is 300 g/mol. The number of methoxy groups -OCH3 is 1. The lowest BCUT2D eigenvalue weighted by atomic mass is 10.0. The zero-order valence-electron chi connectivity index (χ0n) is 12.0. The molecule has 1 saturated heterocycles. The number of aliphatic hydroxyl groups excluding tert-OH is 1. The Hall–Kier alpha value is -0.650. The van der Waals surface area contributed by atoms with E-state index in [2.05, 4.69) is 0 Å². The highest BCUT2D eigenvalue weighted by Crippen LogP contribution is 2.32. The molecule has 0 spiro atoms. The quantitative estimate of drug-likeness (QED) is 0.850. The van der Waals surface area contributed by atoms with Gasteiger partial charge in [0.1, 0.15) is 6.10 Å². The van der Waals surface area contributed by atoms with E-state index in [9.17, 15) is 5.11 Å². The third kappa shape index (κ3) is 3.93. The van der Waals surface area contributed by atoms with Gasteiger partial charge >= 0.3 is 0 Å². The molecule has 3 atom stereocenters. The lowest BCUT2D eigenvalue weighted by Crippen LogP contribution is -2.36. The minimum atomic E-state index is -0.980. The Morgan fingerprint density at radius 2 is 1.95 bits per heavy atom. The maximum atomic E-state index is 9.85. The maximum absolute atomic E-state index is 9.85. The molecule has 0 bridgehead atoms. The van der Waals surface area contributed by atoms with E-state index in [4.69, 9.17) is 25.8 Å². The first-order chi connectivity index (χ1) is 9.41. The van der Waals surface area contributed by atoms with E-state index in [1.54, 1.807) is 0 Å². The first-order valence-electron chi connectivity index (χ1n) is 6.72. The van der Waals surface area contributed by atoms with E-state index in [0.29, 0.717) is 0 Å². The standard InChI is InChI=1S/C15H21ClO4/c1-15(2)19-12(13(20-15)14(17)18-3)9-6-10-4-7-11(16)8-5-10/h4-5,7-8,12-14,17H,6,9H2,1-3H3. The first kappa shape index (κ1) is 15.7. The molecule has 0 saturated carbocycles. The van der Waals surface area contributed by atoms with Gasteiger partial charge in [-0.25, -0.2) is 0 Å². The fourth-order valence-electron chi connectivity index (χ4n) is 2.42. The van der Waals surface area contributed by atoms with Gasteiger partial charge in [0.05, 0.1) is 6.10 Å². The van der Waals surface area contributed by atoms with Gasteiger partial charge in [-0.15, -0.1) is 0 Å². The average molecular weight is 301 g/mol. The van der Waals surface area contributed by atoms with Crippen molar-refractivity contribution in [1.82, 2.24) is 0 Å². The Balaban J connectivity index is 1.97. The van der Waals surface area contributed by atoms with Crippen molar-refractivity contribution < 1.29 is 19.3 Å². The van der Waals surface area contributed by atoms with Crippen molar-refractivity contribution in [2.75, 3.05) is 7.11 Å². The van der Waals surface area contributed by atoms with Crippen molar-refractivity contribution in [3.63, 3.8) is 0 Å². The van der Waals surface area contributed by atoms with E-state index in [-0.39, 0.29) is 6.10 Å². The van der Waals surface area contributed by atoms with Crippen LogP contribution in [0.1, 0.15) is 25.8 Å². The zero-order valence-corrected chi connectivity index (χ0v) is 12.8. The minimum Gasteiger partial charge on any atom is -0.366 e. The van der Waals surface area contributed by atoms with E-state index >= 15 is 0 Å². The molecule has 1 aromatic carbocycles. The van der Waals surface area contributed by atoms with Crippen LogP contribution in [0.3, 0.4) is 0 Å². The van der Waals surface area contributed by atoms with E-state index in [0.717, 1.165) is 17.9 Å². The normalized spacial score (nSPS) is 26.6. The van der Waals surface area contributed by atoms with Crippen LogP contribution >= 0.6 is 11.6 Å². The Labute approximate surface area is 124 Å². The fraction of sp³-hybridized carbons (Fsp3) is 0.600. The summed E-state index contributed by atoms with van der Waals surface area (Å²) >= 11 is 5.87. The third-order valence-corrected chi connectivity index (χ3v) is 3.63. The Morgan fingerprint density at radius 1 is 1.30 bits per heavy atom. The summed E-state index contributed by atoms with van der Waals surface area (Å²) in [5.74, 6) is -0.700. The lowest BCUT2D eigenvalue weighted by Gasteiger charge is -2.21. The second-order valence-corrected chi connectivity index (χ2v) is 5.87. The molecule has 1 heterocycles. The zero-order chi connectivity index (χ0) is 14.8. The van der Waals surface area contributed by atoms with E-state index in [1.807, 2.05) is 38.1 Å². The number of benzene rings is 1. The smallest absolute Gasteiger partial charge is 0.183 e. The third-order valence-electron chi connectivity index (χ3n) is 3.37.